The average molecular weight is 385 g/mol. The second kappa shape index (κ2) is 9.72. The first-order chi connectivity index (χ1) is 14.2. The molecule has 0 heterocycles. The molecule has 0 radical (unpaired) electrons. The highest BCUT2D eigenvalue weighted by Crippen LogP contribution is 2.15. The number of amides is 1. The Balaban J connectivity index is 1.54. The van der Waals surface area contributed by atoms with Gasteiger partial charge in [0.05, 0.1) is 25.0 Å². The maximum atomic E-state index is 12.1. The van der Waals surface area contributed by atoms with Crippen molar-refractivity contribution in [2.75, 3.05) is 7.11 Å². The minimum absolute atomic E-state index is 0.313. The van der Waals surface area contributed by atoms with Gasteiger partial charge in [-0.1, -0.05) is 24.3 Å². The molecule has 0 unspecified atom stereocenters. The van der Waals surface area contributed by atoms with Crippen LogP contribution in [0.5, 0.6) is 11.5 Å². The highest BCUT2D eigenvalue weighted by atomic mass is 16.5. The van der Waals surface area contributed by atoms with Gasteiger partial charge in [-0.05, 0) is 54.1 Å². The van der Waals surface area contributed by atoms with Crippen molar-refractivity contribution in [1.82, 2.24) is 5.43 Å². The summed E-state index contributed by atoms with van der Waals surface area (Å²) in [5.41, 5.74) is 5.19. The van der Waals surface area contributed by atoms with Crippen LogP contribution in [-0.4, -0.2) is 19.2 Å². The number of hydrogen-bond acceptors (Lipinski definition) is 5. The van der Waals surface area contributed by atoms with E-state index in [4.69, 9.17) is 14.7 Å². The first-order valence-electron chi connectivity index (χ1n) is 8.88. The third-order valence-corrected chi connectivity index (χ3v) is 4.12. The van der Waals surface area contributed by atoms with Gasteiger partial charge in [-0.2, -0.15) is 10.4 Å². The minimum Gasteiger partial charge on any atom is -0.497 e. The Kier molecular flexibility index (Phi) is 6.58. The molecule has 0 bridgehead atoms. The lowest BCUT2D eigenvalue weighted by Gasteiger charge is -2.07. The predicted octanol–water partition coefficient (Wildman–Crippen LogP) is 3.91. The van der Waals surface area contributed by atoms with Gasteiger partial charge >= 0.3 is 0 Å². The largest absolute Gasteiger partial charge is 0.497 e. The standard InChI is InChI=1S/C23H19N3O3/c1-28-22-8-4-7-18(13-22)23(27)26-25-15-17-9-11-21(12-10-17)29-16-20-6-3-2-5-19(20)14-24/h2-13,15H,16H2,1H3,(H,26,27)/b25-15-. The molecule has 0 aliphatic rings. The van der Waals surface area contributed by atoms with E-state index in [2.05, 4.69) is 16.6 Å². The lowest BCUT2D eigenvalue weighted by Crippen LogP contribution is -2.17. The van der Waals surface area contributed by atoms with Gasteiger partial charge in [-0.15, -0.1) is 0 Å². The van der Waals surface area contributed by atoms with Crippen molar-refractivity contribution in [2.45, 2.75) is 6.61 Å². The van der Waals surface area contributed by atoms with Crippen LogP contribution in [-0.2, 0) is 6.61 Å². The molecule has 0 spiro atoms. The van der Waals surface area contributed by atoms with Crippen LogP contribution in [0.1, 0.15) is 27.0 Å². The number of ether oxygens (including phenoxy) is 2. The van der Waals surface area contributed by atoms with Crippen molar-refractivity contribution < 1.29 is 14.3 Å². The minimum atomic E-state index is -0.323. The zero-order valence-corrected chi connectivity index (χ0v) is 15.8. The normalized spacial score (nSPS) is 10.3. The molecule has 0 saturated carbocycles. The number of hydrazone groups is 1. The van der Waals surface area contributed by atoms with Crippen molar-refractivity contribution in [3.05, 3.63) is 95.1 Å². The van der Waals surface area contributed by atoms with Crippen molar-refractivity contribution >= 4 is 12.1 Å². The number of carbonyl (C=O) groups is 1. The van der Waals surface area contributed by atoms with Gasteiger partial charge in [0.25, 0.3) is 5.91 Å². The summed E-state index contributed by atoms with van der Waals surface area (Å²) in [7, 11) is 1.55. The van der Waals surface area contributed by atoms with Gasteiger partial charge in [0.15, 0.2) is 0 Å². The van der Waals surface area contributed by atoms with E-state index in [0.717, 1.165) is 11.1 Å². The Labute approximate surface area is 169 Å². The number of nitriles is 1. The summed E-state index contributed by atoms with van der Waals surface area (Å²) in [6.45, 7) is 0.313. The molecule has 0 atom stereocenters. The lowest BCUT2D eigenvalue weighted by atomic mass is 10.1. The Morgan fingerprint density at radius 3 is 2.62 bits per heavy atom. The van der Waals surface area contributed by atoms with Crippen molar-refractivity contribution in [3.63, 3.8) is 0 Å². The molecule has 0 aliphatic carbocycles. The molecule has 3 aromatic carbocycles. The Morgan fingerprint density at radius 2 is 1.86 bits per heavy atom. The van der Waals surface area contributed by atoms with E-state index in [1.165, 1.54) is 0 Å². The van der Waals surface area contributed by atoms with E-state index in [1.807, 2.05) is 30.3 Å². The highest BCUT2D eigenvalue weighted by molar-refractivity contribution is 5.95. The van der Waals surface area contributed by atoms with Gasteiger partial charge < -0.3 is 9.47 Å². The van der Waals surface area contributed by atoms with E-state index in [-0.39, 0.29) is 5.91 Å². The molecule has 0 aliphatic heterocycles. The molecule has 3 rings (SSSR count). The molecule has 6 nitrogen and oxygen atoms in total. The van der Waals surface area contributed by atoms with Crippen LogP contribution in [0.25, 0.3) is 0 Å². The quantitative estimate of drug-likeness (QED) is 0.494. The molecule has 29 heavy (non-hydrogen) atoms. The first-order valence-corrected chi connectivity index (χ1v) is 8.88. The fourth-order valence-electron chi connectivity index (χ4n) is 2.56. The average Bonchev–Trinajstić information content (AvgIpc) is 2.78. The van der Waals surface area contributed by atoms with Crippen molar-refractivity contribution in [3.8, 4) is 17.6 Å². The predicted molar refractivity (Wildman–Crippen MR) is 110 cm³/mol. The van der Waals surface area contributed by atoms with E-state index >= 15 is 0 Å². The number of methoxy groups -OCH3 is 1. The van der Waals surface area contributed by atoms with E-state index in [0.29, 0.717) is 29.2 Å². The second-order valence-electron chi connectivity index (χ2n) is 6.06. The van der Waals surface area contributed by atoms with Gasteiger partial charge in [-0.25, -0.2) is 5.43 Å². The molecule has 0 fully saturated rings. The number of carbonyl (C=O) groups excluding carboxylic acids is 1. The summed E-state index contributed by atoms with van der Waals surface area (Å²) in [4.78, 5) is 12.1. The molecule has 6 heteroatoms. The summed E-state index contributed by atoms with van der Waals surface area (Å²) < 4.78 is 10.8. The molecule has 3 aromatic rings. The number of benzene rings is 3. The second-order valence-corrected chi connectivity index (χ2v) is 6.06. The van der Waals surface area contributed by atoms with Crippen LogP contribution in [0.3, 0.4) is 0 Å². The molecule has 0 saturated heterocycles. The van der Waals surface area contributed by atoms with E-state index < -0.39 is 0 Å². The summed E-state index contributed by atoms with van der Waals surface area (Å²) in [5, 5.41) is 13.1. The van der Waals surface area contributed by atoms with Gasteiger partial charge in [0.1, 0.15) is 18.1 Å². The van der Waals surface area contributed by atoms with E-state index in [9.17, 15) is 4.79 Å². The van der Waals surface area contributed by atoms with Crippen LogP contribution in [0.4, 0.5) is 0 Å². The van der Waals surface area contributed by atoms with Crippen LogP contribution < -0.4 is 14.9 Å². The SMILES string of the molecule is COc1cccc(C(=O)N/N=C\c2ccc(OCc3ccccc3C#N)cc2)c1. The maximum absolute atomic E-state index is 12.1. The fraction of sp³-hybridized carbons (Fsp3) is 0.0870. The Hall–Kier alpha value is -4.11. The van der Waals surface area contributed by atoms with Gasteiger partial charge in [0.2, 0.25) is 0 Å². The third-order valence-electron chi connectivity index (χ3n) is 4.12. The molecule has 144 valence electrons. The lowest BCUT2D eigenvalue weighted by molar-refractivity contribution is 0.0955. The molecule has 0 aromatic heterocycles. The fourth-order valence-corrected chi connectivity index (χ4v) is 2.56. The molecule has 1 N–H and O–H groups in total. The zero-order valence-electron chi connectivity index (χ0n) is 15.8. The monoisotopic (exact) mass is 385 g/mol. The number of nitrogens with zero attached hydrogens (tertiary/aromatic N) is 2. The van der Waals surface area contributed by atoms with E-state index in [1.54, 1.807) is 55.8 Å². The maximum Gasteiger partial charge on any atom is 0.271 e. The van der Waals surface area contributed by atoms with Crippen molar-refractivity contribution in [2.24, 2.45) is 5.10 Å². The van der Waals surface area contributed by atoms with Crippen LogP contribution in [0, 0.1) is 11.3 Å². The summed E-state index contributed by atoms with van der Waals surface area (Å²) >= 11 is 0. The Bertz CT molecular complexity index is 1050. The number of rotatable bonds is 7. The van der Waals surface area contributed by atoms with Crippen LogP contribution in [0.15, 0.2) is 77.9 Å². The summed E-state index contributed by atoms with van der Waals surface area (Å²) in [6.07, 6.45) is 1.55. The van der Waals surface area contributed by atoms with Crippen LogP contribution >= 0.6 is 0 Å². The molecular formula is C23H19N3O3. The number of nitrogens with one attached hydrogen (secondary N) is 1. The summed E-state index contributed by atoms with van der Waals surface area (Å²) in [5.74, 6) is 0.959. The smallest absolute Gasteiger partial charge is 0.271 e. The molecule has 1 amide bonds. The van der Waals surface area contributed by atoms with Crippen LogP contribution in [0.2, 0.25) is 0 Å². The van der Waals surface area contributed by atoms with Crippen molar-refractivity contribution in [1.29, 1.82) is 5.26 Å². The third kappa shape index (κ3) is 5.44. The summed E-state index contributed by atoms with van der Waals surface area (Å²) in [6, 6.07) is 23.6. The van der Waals surface area contributed by atoms with Gasteiger partial charge in [-0.3, -0.25) is 4.79 Å². The Morgan fingerprint density at radius 1 is 1.07 bits per heavy atom. The topological polar surface area (TPSA) is 83.7 Å². The zero-order chi connectivity index (χ0) is 20.5. The highest BCUT2D eigenvalue weighted by Gasteiger charge is 2.05. The number of hydrogen-bond donors (Lipinski definition) is 1. The first kappa shape index (κ1) is 19.6. The molecular weight excluding hydrogens is 366 g/mol. The van der Waals surface area contributed by atoms with Gasteiger partial charge in [0, 0.05) is 11.1 Å².